The van der Waals surface area contributed by atoms with E-state index in [2.05, 4.69) is 10.1 Å². The van der Waals surface area contributed by atoms with Gasteiger partial charge in [-0.3, -0.25) is 0 Å². The van der Waals surface area contributed by atoms with E-state index in [1.807, 2.05) is 19.1 Å². The molecule has 84 valence electrons. The standard InChI is InChI=1S/C9H13N3.C2H6O/c1-2-12-9-5-8(11)4-3-7(9)6-10;1-3-2/h3-6,10,12H,2,11H2,1H3;1-2H3. The summed E-state index contributed by atoms with van der Waals surface area (Å²) in [4.78, 5) is 0. The van der Waals surface area contributed by atoms with Gasteiger partial charge in [0.25, 0.3) is 0 Å². The van der Waals surface area contributed by atoms with E-state index in [4.69, 9.17) is 11.1 Å². The highest BCUT2D eigenvalue weighted by atomic mass is 16.4. The second kappa shape index (κ2) is 7.82. The van der Waals surface area contributed by atoms with Gasteiger partial charge >= 0.3 is 0 Å². The number of nitrogens with two attached hydrogens (primary N) is 1. The lowest BCUT2D eigenvalue weighted by atomic mass is 10.1. The Kier molecular flexibility index (Phi) is 7.01. The molecule has 4 nitrogen and oxygen atoms in total. The van der Waals surface area contributed by atoms with Crippen LogP contribution in [0.15, 0.2) is 18.2 Å². The zero-order valence-corrected chi connectivity index (χ0v) is 9.50. The van der Waals surface area contributed by atoms with Crippen LogP contribution < -0.4 is 11.1 Å². The first-order chi connectivity index (χ1) is 7.19. The summed E-state index contributed by atoms with van der Waals surface area (Å²) in [6.07, 6.45) is 1.32. The summed E-state index contributed by atoms with van der Waals surface area (Å²) >= 11 is 0. The van der Waals surface area contributed by atoms with Gasteiger partial charge in [0.15, 0.2) is 0 Å². The van der Waals surface area contributed by atoms with Crippen LogP contribution in [0.5, 0.6) is 0 Å². The van der Waals surface area contributed by atoms with Gasteiger partial charge in [-0.2, -0.15) is 0 Å². The normalized spacial score (nSPS) is 8.73. The highest BCUT2D eigenvalue weighted by Gasteiger charge is 1.97. The highest BCUT2D eigenvalue weighted by molar-refractivity contribution is 5.87. The molecule has 0 unspecified atom stereocenters. The maximum atomic E-state index is 7.13. The Morgan fingerprint density at radius 2 is 2.07 bits per heavy atom. The van der Waals surface area contributed by atoms with Crippen molar-refractivity contribution in [2.45, 2.75) is 6.92 Å². The molecule has 4 heteroatoms. The van der Waals surface area contributed by atoms with Gasteiger partial charge in [-0.05, 0) is 25.1 Å². The Bertz CT molecular complexity index is 300. The minimum Gasteiger partial charge on any atom is -0.399 e. The lowest BCUT2D eigenvalue weighted by Crippen LogP contribution is -2.01. The lowest BCUT2D eigenvalue weighted by molar-refractivity contribution is 0.277. The topological polar surface area (TPSA) is 71.1 Å². The van der Waals surface area contributed by atoms with Crippen molar-refractivity contribution >= 4 is 17.6 Å². The van der Waals surface area contributed by atoms with Gasteiger partial charge in [-0.1, -0.05) is 0 Å². The number of nitrogens with one attached hydrogen (secondary N) is 2. The van der Waals surface area contributed by atoms with E-state index < -0.39 is 0 Å². The fourth-order valence-electron chi connectivity index (χ4n) is 1.04. The van der Waals surface area contributed by atoms with E-state index in [1.165, 1.54) is 6.21 Å². The molecule has 0 heterocycles. The Morgan fingerprint density at radius 3 is 2.53 bits per heavy atom. The predicted octanol–water partition coefficient (Wildman–Crippen LogP) is 1.96. The minimum atomic E-state index is 0.719. The van der Waals surface area contributed by atoms with Crippen molar-refractivity contribution in [3.63, 3.8) is 0 Å². The third-order valence-corrected chi connectivity index (χ3v) is 1.60. The molecule has 4 N–H and O–H groups in total. The van der Waals surface area contributed by atoms with Crippen LogP contribution in [-0.2, 0) is 4.74 Å². The Morgan fingerprint density at radius 1 is 1.47 bits per heavy atom. The van der Waals surface area contributed by atoms with Crippen LogP contribution in [0.25, 0.3) is 0 Å². The van der Waals surface area contributed by atoms with Gasteiger partial charge in [-0.25, -0.2) is 0 Å². The fraction of sp³-hybridized carbons (Fsp3) is 0.364. The molecule has 0 saturated carbocycles. The van der Waals surface area contributed by atoms with Crippen LogP contribution in [0.3, 0.4) is 0 Å². The summed E-state index contributed by atoms with van der Waals surface area (Å²) in [6, 6.07) is 5.46. The van der Waals surface area contributed by atoms with Crippen LogP contribution >= 0.6 is 0 Å². The molecule has 0 bridgehead atoms. The highest BCUT2D eigenvalue weighted by Crippen LogP contribution is 2.16. The average molecular weight is 209 g/mol. The Hall–Kier alpha value is -1.55. The molecule has 0 amide bonds. The Balaban J connectivity index is 0.000000583. The van der Waals surface area contributed by atoms with Crippen molar-refractivity contribution < 1.29 is 4.74 Å². The summed E-state index contributed by atoms with van der Waals surface area (Å²) in [7, 11) is 3.25. The monoisotopic (exact) mass is 209 g/mol. The van der Waals surface area contributed by atoms with Crippen molar-refractivity contribution in [1.29, 1.82) is 5.41 Å². The van der Waals surface area contributed by atoms with E-state index in [9.17, 15) is 0 Å². The molecule has 0 saturated heterocycles. The first-order valence-electron chi connectivity index (χ1n) is 4.73. The molecule has 0 aromatic heterocycles. The number of anilines is 2. The van der Waals surface area contributed by atoms with Crippen LogP contribution in [0.2, 0.25) is 0 Å². The summed E-state index contributed by atoms with van der Waals surface area (Å²) in [5, 5.41) is 10.3. The van der Waals surface area contributed by atoms with Crippen LogP contribution in [-0.4, -0.2) is 27.0 Å². The second-order valence-corrected chi connectivity index (χ2v) is 2.93. The van der Waals surface area contributed by atoms with E-state index in [1.54, 1.807) is 20.3 Å². The first kappa shape index (κ1) is 13.4. The first-order valence-corrected chi connectivity index (χ1v) is 4.73. The van der Waals surface area contributed by atoms with Crippen molar-refractivity contribution in [3.05, 3.63) is 23.8 Å². The zero-order valence-electron chi connectivity index (χ0n) is 9.50. The number of hydrogen-bond acceptors (Lipinski definition) is 4. The molecule has 0 atom stereocenters. The summed E-state index contributed by atoms with van der Waals surface area (Å²) in [6.45, 7) is 2.85. The minimum absolute atomic E-state index is 0.719. The number of nitrogen functional groups attached to an aromatic ring is 1. The third-order valence-electron chi connectivity index (χ3n) is 1.60. The van der Waals surface area contributed by atoms with E-state index in [0.29, 0.717) is 0 Å². The molecule has 1 rings (SSSR count). The number of hydrogen-bond donors (Lipinski definition) is 3. The maximum Gasteiger partial charge on any atom is 0.0449 e. The summed E-state index contributed by atoms with van der Waals surface area (Å²) in [5.41, 5.74) is 8.11. The molecule has 15 heavy (non-hydrogen) atoms. The lowest BCUT2D eigenvalue weighted by Gasteiger charge is -2.07. The number of rotatable bonds is 3. The smallest absolute Gasteiger partial charge is 0.0449 e. The number of methoxy groups -OCH3 is 1. The third kappa shape index (κ3) is 5.02. The summed E-state index contributed by atoms with van der Waals surface area (Å²) in [5.74, 6) is 0. The molecule has 0 spiro atoms. The number of benzene rings is 1. The molecule has 1 aromatic carbocycles. The van der Waals surface area contributed by atoms with Gasteiger partial charge in [0.2, 0.25) is 0 Å². The maximum absolute atomic E-state index is 7.13. The SMILES string of the molecule is CCNc1cc(N)ccc1C=N.COC. The zero-order chi connectivity index (χ0) is 11.7. The van der Waals surface area contributed by atoms with Crippen molar-refractivity contribution in [1.82, 2.24) is 0 Å². The van der Waals surface area contributed by atoms with Crippen LogP contribution in [0.1, 0.15) is 12.5 Å². The predicted molar refractivity (Wildman–Crippen MR) is 65.8 cm³/mol. The van der Waals surface area contributed by atoms with E-state index in [0.717, 1.165) is 23.5 Å². The van der Waals surface area contributed by atoms with Crippen molar-refractivity contribution in [3.8, 4) is 0 Å². The molecule has 0 aliphatic rings. The molecular formula is C11H19N3O. The van der Waals surface area contributed by atoms with Crippen molar-refractivity contribution in [2.75, 3.05) is 31.8 Å². The Labute approximate surface area is 91.0 Å². The quantitative estimate of drug-likeness (QED) is 0.526. The average Bonchev–Trinajstić information content (AvgIpc) is 2.20. The van der Waals surface area contributed by atoms with Crippen LogP contribution in [0.4, 0.5) is 11.4 Å². The van der Waals surface area contributed by atoms with Crippen molar-refractivity contribution in [2.24, 2.45) is 0 Å². The molecule has 1 aromatic rings. The molecule has 0 radical (unpaired) electrons. The number of ether oxygens (including phenoxy) is 1. The van der Waals surface area contributed by atoms with Gasteiger partial charge in [0.05, 0.1) is 0 Å². The largest absolute Gasteiger partial charge is 0.399 e. The van der Waals surface area contributed by atoms with E-state index in [-0.39, 0.29) is 0 Å². The second-order valence-electron chi connectivity index (χ2n) is 2.93. The van der Waals surface area contributed by atoms with E-state index >= 15 is 0 Å². The van der Waals surface area contributed by atoms with Gasteiger partial charge in [0, 0.05) is 43.9 Å². The molecular weight excluding hydrogens is 190 g/mol. The van der Waals surface area contributed by atoms with Gasteiger partial charge in [-0.15, -0.1) is 0 Å². The molecule has 0 aliphatic heterocycles. The summed E-state index contributed by atoms with van der Waals surface area (Å²) < 4.78 is 4.25. The molecule has 0 fully saturated rings. The van der Waals surface area contributed by atoms with Crippen LogP contribution in [0, 0.1) is 5.41 Å². The molecule has 0 aliphatic carbocycles. The van der Waals surface area contributed by atoms with Gasteiger partial charge in [0.1, 0.15) is 0 Å². The van der Waals surface area contributed by atoms with Gasteiger partial charge < -0.3 is 21.2 Å². The fourth-order valence-corrected chi connectivity index (χ4v) is 1.04.